The molecule has 2 heterocycles. The van der Waals surface area contributed by atoms with Crippen LogP contribution < -0.4 is 24.8 Å². The van der Waals surface area contributed by atoms with Crippen molar-refractivity contribution in [2.75, 3.05) is 52.0 Å². The van der Waals surface area contributed by atoms with Gasteiger partial charge in [0.05, 0.1) is 14.2 Å². The van der Waals surface area contributed by atoms with E-state index in [9.17, 15) is 4.79 Å². The standard InChI is InChI=1S/C26H34N6O4S/c1-15-12-16-8-9-26(2,3)17(16)13-19(15)36-25-28-18(14-37-25)21(33)29-20-22(34-6)30-24(31-23(20)35-7)27-10-11-32(4)5/h12-14H,8-11H2,1-7H3,(H,29,33)(H,27,30,31). The monoisotopic (exact) mass is 526 g/mol. The predicted octanol–water partition coefficient (Wildman–Crippen LogP) is 4.50. The summed E-state index contributed by atoms with van der Waals surface area (Å²) in [7, 11) is 6.89. The van der Waals surface area contributed by atoms with Crippen molar-refractivity contribution in [2.45, 2.75) is 39.0 Å². The van der Waals surface area contributed by atoms with Crippen molar-refractivity contribution in [2.24, 2.45) is 0 Å². The summed E-state index contributed by atoms with van der Waals surface area (Å²) in [5, 5.41) is 7.93. The van der Waals surface area contributed by atoms with Gasteiger partial charge < -0.3 is 29.7 Å². The molecule has 1 aromatic carbocycles. The Bertz CT molecular complexity index is 1270. The maximum Gasteiger partial charge on any atom is 0.279 e. The number of likely N-dealkylation sites (N-methyl/N-ethyl adjacent to an activating group) is 1. The zero-order valence-electron chi connectivity index (χ0n) is 22.4. The predicted molar refractivity (Wildman–Crippen MR) is 145 cm³/mol. The molecule has 1 aliphatic rings. The second-order valence-electron chi connectivity index (χ2n) is 9.88. The Kier molecular flexibility index (Phi) is 7.84. The molecule has 1 aliphatic carbocycles. The lowest BCUT2D eigenvalue weighted by Crippen LogP contribution is -2.22. The van der Waals surface area contributed by atoms with Gasteiger partial charge in [-0.15, -0.1) is 0 Å². The van der Waals surface area contributed by atoms with Crippen molar-refractivity contribution in [3.05, 3.63) is 39.9 Å². The molecule has 10 nitrogen and oxygen atoms in total. The van der Waals surface area contributed by atoms with Crippen molar-refractivity contribution in [3.8, 4) is 22.7 Å². The maximum atomic E-state index is 13.0. The Morgan fingerprint density at radius 1 is 1.14 bits per heavy atom. The summed E-state index contributed by atoms with van der Waals surface area (Å²) < 4.78 is 16.9. The first-order chi connectivity index (χ1) is 17.6. The number of hydrogen-bond acceptors (Lipinski definition) is 10. The van der Waals surface area contributed by atoms with E-state index in [0.29, 0.717) is 17.7 Å². The molecule has 0 saturated carbocycles. The minimum absolute atomic E-state index is 0.118. The van der Waals surface area contributed by atoms with Crippen LogP contribution in [0.25, 0.3) is 0 Å². The summed E-state index contributed by atoms with van der Waals surface area (Å²) in [6, 6.07) is 4.30. The summed E-state index contributed by atoms with van der Waals surface area (Å²) in [6.07, 6.45) is 2.20. The van der Waals surface area contributed by atoms with Gasteiger partial charge in [-0.25, -0.2) is 0 Å². The Morgan fingerprint density at radius 2 is 1.84 bits per heavy atom. The minimum atomic E-state index is -0.452. The van der Waals surface area contributed by atoms with Gasteiger partial charge in [-0.2, -0.15) is 15.0 Å². The number of fused-ring (bicyclic) bond motifs is 1. The molecule has 0 spiro atoms. The first kappa shape index (κ1) is 26.6. The number of aromatic nitrogens is 3. The molecule has 2 aromatic heterocycles. The van der Waals surface area contributed by atoms with Crippen LogP contribution in [0.3, 0.4) is 0 Å². The van der Waals surface area contributed by atoms with E-state index < -0.39 is 5.91 Å². The van der Waals surface area contributed by atoms with Gasteiger partial charge >= 0.3 is 0 Å². The number of nitrogens with zero attached hydrogens (tertiary/aromatic N) is 4. The highest BCUT2D eigenvalue weighted by Crippen LogP contribution is 2.42. The highest BCUT2D eigenvalue weighted by molar-refractivity contribution is 7.11. The van der Waals surface area contributed by atoms with Crippen LogP contribution in [0.15, 0.2) is 17.5 Å². The van der Waals surface area contributed by atoms with Gasteiger partial charge in [0.2, 0.25) is 17.7 Å². The van der Waals surface area contributed by atoms with Crippen LogP contribution in [-0.4, -0.2) is 67.2 Å². The fourth-order valence-corrected chi connectivity index (χ4v) is 4.91. The van der Waals surface area contributed by atoms with Crippen molar-refractivity contribution < 1.29 is 19.0 Å². The zero-order chi connectivity index (χ0) is 26.7. The molecule has 11 heteroatoms. The van der Waals surface area contributed by atoms with Gasteiger partial charge in [0.15, 0.2) is 5.69 Å². The highest BCUT2D eigenvalue weighted by atomic mass is 32.1. The number of ether oxygens (including phenoxy) is 3. The van der Waals surface area contributed by atoms with Crippen LogP contribution in [-0.2, 0) is 11.8 Å². The average molecular weight is 527 g/mol. The third-order valence-electron chi connectivity index (χ3n) is 6.37. The largest absolute Gasteiger partial charge is 0.479 e. The Balaban J connectivity index is 1.50. The first-order valence-electron chi connectivity index (χ1n) is 12.1. The van der Waals surface area contributed by atoms with E-state index in [1.165, 1.54) is 36.7 Å². The van der Waals surface area contributed by atoms with Crippen LogP contribution in [0, 0.1) is 6.92 Å². The number of rotatable bonds is 10. The van der Waals surface area contributed by atoms with Crippen molar-refractivity contribution in [1.82, 2.24) is 19.9 Å². The van der Waals surface area contributed by atoms with Crippen LogP contribution in [0.2, 0.25) is 0 Å². The molecular weight excluding hydrogens is 492 g/mol. The van der Waals surface area contributed by atoms with E-state index in [2.05, 4.69) is 51.6 Å². The Morgan fingerprint density at radius 3 is 2.49 bits per heavy atom. The molecule has 0 aliphatic heterocycles. The van der Waals surface area contributed by atoms with Gasteiger partial charge in [-0.1, -0.05) is 31.3 Å². The third kappa shape index (κ3) is 5.94. The van der Waals surface area contributed by atoms with E-state index in [-0.39, 0.29) is 28.6 Å². The molecule has 4 rings (SSSR count). The Hall–Kier alpha value is -3.44. The number of amides is 1. The smallest absolute Gasteiger partial charge is 0.279 e. The van der Waals surface area contributed by atoms with Crippen molar-refractivity contribution in [1.29, 1.82) is 0 Å². The first-order valence-corrected chi connectivity index (χ1v) is 13.0. The number of carbonyl (C=O) groups is 1. The number of carbonyl (C=O) groups excluding carboxylic acids is 1. The Labute approximate surface area is 221 Å². The van der Waals surface area contributed by atoms with E-state index >= 15 is 0 Å². The molecule has 0 atom stereocenters. The van der Waals surface area contributed by atoms with Crippen LogP contribution in [0.1, 0.15) is 47.4 Å². The molecule has 0 unspecified atom stereocenters. The summed E-state index contributed by atoms with van der Waals surface area (Å²) in [5.74, 6) is 0.993. The molecule has 0 saturated heterocycles. The fourth-order valence-electron chi connectivity index (χ4n) is 4.25. The topological polar surface area (TPSA) is 111 Å². The lowest BCUT2D eigenvalue weighted by Gasteiger charge is -2.20. The highest BCUT2D eigenvalue weighted by Gasteiger charge is 2.31. The lowest BCUT2D eigenvalue weighted by molar-refractivity contribution is 0.102. The average Bonchev–Trinajstić information content (AvgIpc) is 3.43. The molecule has 37 heavy (non-hydrogen) atoms. The summed E-state index contributed by atoms with van der Waals surface area (Å²) in [5.41, 5.74) is 4.27. The summed E-state index contributed by atoms with van der Waals surface area (Å²) in [6.45, 7) is 7.96. The fraction of sp³-hybridized carbons (Fsp3) is 0.462. The zero-order valence-corrected chi connectivity index (χ0v) is 23.2. The molecule has 2 N–H and O–H groups in total. The number of benzene rings is 1. The minimum Gasteiger partial charge on any atom is -0.479 e. The summed E-state index contributed by atoms with van der Waals surface area (Å²) >= 11 is 1.26. The molecule has 198 valence electrons. The quantitative estimate of drug-likeness (QED) is 0.394. The molecule has 3 aromatic rings. The van der Waals surface area contributed by atoms with Crippen LogP contribution in [0.4, 0.5) is 11.6 Å². The number of methoxy groups -OCH3 is 2. The van der Waals surface area contributed by atoms with E-state index in [1.54, 1.807) is 5.38 Å². The molecular formula is C26H34N6O4S. The molecule has 0 fully saturated rings. The van der Waals surface area contributed by atoms with Gasteiger partial charge in [0, 0.05) is 18.5 Å². The van der Waals surface area contributed by atoms with Gasteiger partial charge in [0.1, 0.15) is 11.4 Å². The van der Waals surface area contributed by atoms with E-state index in [1.807, 2.05) is 25.9 Å². The third-order valence-corrected chi connectivity index (χ3v) is 7.09. The van der Waals surface area contributed by atoms with Crippen LogP contribution in [0.5, 0.6) is 22.7 Å². The number of nitrogens with one attached hydrogen (secondary N) is 2. The second kappa shape index (κ2) is 10.9. The lowest BCUT2D eigenvalue weighted by atomic mass is 9.86. The van der Waals surface area contributed by atoms with Crippen molar-refractivity contribution in [3.63, 3.8) is 0 Å². The second-order valence-corrected chi connectivity index (χ2v) is 10.7. The molecule has 1 amide bonds. The number of aryl methyl sites for hydroxylation is 2. The molecule has 0 bridgehead atoms. The van der Waals surface area contributed by atoms with Gasteiger partial charge in [-0.05, 0) is 62.0 Å². The van der Waals surface area contributed by atoms with Gasteiger partial charge in [0.25, 0.3) is 11.1 Å². The van der Waals surface area contributed by atoms with Crippen molar-refractivity contribution >= 4 is 28.9 Å². The van der Waals surface area contributed by atoms with Gasteiger partial charge in [-0.3, -0.25) is 4.79 Å². The van der Waals surface area contributed by atoms with Crippen LogP contribution >= 0.6 is 11.3 Å². The number of hydrogen-bond donors (Lipinski definition) is 2. The van der Waals surface area contributed by atoms with E-state index in [0.717, 1.165) is 30.7 Å². The number of anilines is 2. The SMILES string of the molecule is COc1nc(NCCN(C)C)nc(OC)c1NC(=O)c1csc(Oc2cc3c(cc2C)CCC3(C)C)n1. The normalized spacial score (nSPS) is 13.8. The summed E-state index contributed by atoms with van der Waals surface area (Å²) in [4.78, 5) is 28.2. The maximum absolute atomic E-state index is 13.0. The van der Waals surface area contributed by atoms with E-state index in [4.69, 9.17) is 14.2 Å². The molecule has 0 radical (unpaired) electrons. The number of thiazole rings is 1.